The van der Waals surface area contributed by atoms with Gasteiger partial charge in [0, 0.05) is 23.3 Å². The van der Waals surface area contributed by atoms with Crippen molar-refractivity contribution in [3.8, 4) is 5.75 Å². The lowest BCUT2D eigenvalue weighted by Crippen LogP contribution is -2.01. The molecule has 0 aliphatic heterocycles. The van der Waals surface area contributed by atoms with Crippen LogP contribution in [0.25, 0.3) is 0 Å². The molecule has 0 fully saturated rings. The maximum absolute atomic E-state index is 5.70. The molecule has 0 N–H and O–H groups in total. The van der Waals surface area contributed by atoms with Gasteiger partial charge in [0.2, 0.25) is 0 Å². The molecule has 88 valence electrons. The molecule has 0 saturated heterocycles. The first-order valence-corrected chi connectivity index (χ1v) is 6.33. The molecule has 3 heteroatoms. The van der Waals surface area contributed by atoms with Crippen molar-refractivity contribution in [2.45, 2.75) is 13.3 Å². The average Bonchev–Trinajstić information content (AvgIpc) is 2.35. The van der Waals surface area contributed by atoms with Crippen molar-refractivity contribution < 1.29 is 4.74 Å². The minimum absolute atomic E-state index is 0.686. The number of aryl methyl sites for hydroxylation is 1. The molecule has 0 unspecified atom stereocenters. The Morgan fingerprint density at radius 3 is 2.65 bits per heavy atom. The number of pyridine rings is 1. The monoisotopic (exact) mass is 291 g/mol. The lowest BCUT2D eigenvalue weighted by atomic mass is 10.2. The minimum Gasteiger partial charge on any atom is -0.493 e. The predicted octanol–water partition coefficient (Wildman–Crippen LogP) is 3.77. The van der Waals surface area contributed by atoms with E-state index in [9.17, 15) is 0 Å². The van der Waals surface area contributed by atoms with Crippen LogP contribution in [0.15, 0.2) is 47.2 Å². The van der Waals surface area contributed by atoms with E-state index in [0.717, 1.165) is 16.6 Å². The topological polar surface area (TPSA) is 22.1 Å². The maximum Gasteiger partial charge on any atom is 0.119 e. The summed E-state index contributed by atoms with van der Waals surface area (Å²) in [5, 5.41) is 0. The molecular formula is C14H14BrNO. The van der Waals surface area contributed by atoms with Crippen LogP contribution < -0.4 is 4.74 Å². The van der Waals surface area contributed by atoms with Gasteiger partial charge in [0.15, 0.2) is 0 Å². The van der Waals surface area contributed by atoms with E-state index in [1.807, 2.05) is 30.3 Å². The molecule has 2 rings (SSSR count). The van der Waals surface area contributed by atoms with Crippen LogP contribution in [0.5, 0.6) is 5.75 Å². The molecular weight excluding hydrogens is 278 g/mol. The molecule has 2 aromatic rings. The number of ether oxygens (including phenoxy) is 1. The third-order valence-electron chi connectivity index (χ3n) is 2.54. The van der Waals surface area contributed by atoms with E-state index in [1.165, 1.54) is 11.1 Å². The van der Waals surface area contributed by atoms with Crippen molar-refractivity contribution in [1.82, 2.24) is 4.98 Å². The molecule has 0 radical (unpaired) electrons. The maximum atomic E-state index is 5.70. The SMILES string of the molecule is Cc1cc(OCCc2ccncc2)ccc1Br. The van der Waals surface area contributed by atoms with E-state index in [4.69, 9.17) is 4.74 Å². The van der Waals surface area contributed by atoms with Crippen LogP contribution in [0, 0.1) is 6.92 Å². The van der Waals surface area contributed by atoms with Gasteiger partial charge in [-0.05, 0) is 48.4 Å². The van der Waals surface area contributed by atoms with Crippen molar-refractivity contribution in [2.75, 3.05) is 6.61 Å². The smallest absolute Gasteiger partial charge is 0.119 e. The first-order chi connectivity index (χ1) is 8.25. The van der Waals surface area contributed by atoms with Crippen molar-refractivity contribution >= 4 is 15.9 Å². The van der Waals surface area contributed by atoms with Crippen molar-refractivity contribution in [3.05, 3.63) is 58.3 Å². The van der Waals surface area contributed by atoms with Gasteiger partial charge in [-0.15, -0.1) is 0 Å². The summed E-state index contributed by atoms with van der Waals surface area (Å²) in [4.78, 5) is 3.99. The second-order valence-corrected chi connectivity index (χ2v) is 4.72. The summed E-state index contributed by atoms with van der Waals surface area (Å²) in [7, 11) is 0. The molecule has 0 aliphatic rings. The predicted molar refractivity (Wildman–Crippen MR) is 72.3 cm³/mol. The summed E-state index contributed by atoms with van der Waals surface area (Å²) < 4.78 is 6.81. The molecule has 0 saturated carbocycles. The Kier molecular flexibility index (Phi) is 4.15. The highest BCUT2D eigenvalue weighted by molar-refractivity contribution is 9.10. The van der Waals surface area contributed by atoms with Crippen LogP contribution in [0.3, 0.4) is 0 Å². The van der Waals surface area contributed by atoms with Crippen LogP contribution >= 0.6 is 15.9 Å². The van der Waals surface area contributed by atoms with Crippen molar-refractivity contribution in [2.24, 2.45) is 0 Å². The molecule has 1 aromatic heterocycles. The third kappa shape index (κ3) is 3.56. The Labute approximate surface area is 110 Å². The van der Waals surface area contributed by atoms with Gasteiger partial charge in [-0.3, -0.25) is 4.98 Å². The number of aromatic nitrogens is 1. The standard InChI is InChI=1S/C14H14BrNO/c1-11-10-13(2-3-14(11)15)17-9-6-12-4-7-16-8-5-12/h2-5,7-8,10H,6,9H2,1H3. The highest BCUT2D eigenvalue weighted by atomic mass is 79.9. The van der Waals surface area contributed by atoms with E-state index in [-0.39, 0.29) is 0 Å². The van der Waals surface area contributed by atoms with Crippen LogP contribution in [-0.2, 0) is 6.42 Å². The Morgan fingerprint density at radius 1 is 1.18 bits per heavy atom. The molecule has 2 nitrogen and oxygen atoms in total. The number of benzene rings is 1. The Hall–Kier alpha value is -1.35. The highest BCUT2D eigenvalue weighted by Gasteiger charge is 1.98. The average molecular weight is 292 g/mol. The molecule has 0 bridgehead atoms. The van der Waals surface area contributed by atoms with Gasteiger partial charge < -0.3 is 4.74 Å². The van der Waals surface area contributed by atoms with Crippen LogP contribution in [0.2, 0.25) is 0 Å². The summed E-state index contributed by atoms with van der Waals surface area (Å²) in [6.45, 7) is 2.74. The number of rotatable bonds is 4. The largest absolute Gasteiger partial charge is 0.493 e. The lowest BCUT2D eigenvalue weighted by molar-refractivity contribution is 0.321. The third-order valence-corrected chi connectivity index (χ3v) is 3.43. The Balaban J connectivity index is 1.88. The molecule has 0 aliphatic carbocycles. The second-order valence-electron chi connectivity index (χ2n) is 3.86. The number of hydrogen-bond donors (Lipinski definition) is 0. The van der Waals surface area contributed by atoms with Gasteiger partial charge in [0.05, 0.1) is 6.61 Å². The Bertz CT molecular complexity index is 485. The van der Waals surface area contributed by atoms with E-state index in [1.54, 1.807) is 12.4 Å². The summed E-state index contributed by atoms with van der Waals surface area (Å²) in [6.07, 6.45) is 4.51. The van der Waals surface area contributed by atoms with E-state index in [2.05, 4.69) is 27.8 Å². The first-order valence-electron chi connectivity index (χ1n) is 5.53. The van der Waals surface area contributed by atoms with Crippen LogP contribution in [0.1, 0.15) is 11.1 Å². The van der Waals surface area contributed by atoms with Crippen molar-refractivity contribution in [3.63, 3.8) is 0 Å². The summed E-state index contributed by atoms with van der Waals surface area (Å²) in [5.74, 6) is 0.916. The number of nitrogens with zero attached hydrogens (tertiary/aromatic N) is 1. The van der Waals surface area contributed by atoms with Crippen molar-refractivity contribution in [1.29, 1.82) is 0 Å². The molecule has 17 heavy (non-hydrogen) atoms. The second kappa shape index (κ2) is 5.82. The molecule has 1 heterocycles. The fraction of sp³-hybridized carbons (Fsp3) is 0.214. The normalized spacial score (nSPS) is 10.2. The van der Waals surface area contributed by atoms with Crippen LogP contribution in [0.4, 0.5) is 0 Å². The highest BCUT2D eigenvalue weighted by Crippen LogP contribution is 2.21. The molecule has 0 atom stereocenters. The van der Waals surface area contributed by atoms with Gasteiger partial charge in [-0.1, -0.05) is 15.9 Å². The molecule has 1 aromatic carbocycles. The van der Waals surface area contributed by atoms with Gasteiger partial charge in [-0.25, -0.2) is 0 Å². The van der Waals surface area contributed by atoms with Gasteiger partial charge >= 0.3 is 0 Å². The Morgan fingerprint density at radius 2 is 1.94 bits per heavy atom. The molecule has 0 spiro atoms. The zero-order valence-electron chi connectivity index (χ0n) is 9.69. The van der Waals surface area contributed by atoms with E-state index < -0.39 is 0 Å². The van der Waals surface area contributed by atoms with Gasteiger partial charge in [0.1, 0.15) is 5.75 Å². The zero-order valence-corrected chi connectivity index (χ0v) is 11.3. The lowest BCUT2D eigenvalue weighted by Gasteiger charge is -2.07. The zero-order chi connectivity index (χ0) is 12.1. The van der Waals surface area contributed by atoms with E-state index >= 15 is 0 Å². The van der Waals surface area contributed by atoms with Gasteiger partial charge in [-0.2, -0.15) is 0 Å². The summed E-state index contributed by atoms with van der Waals surface area (Å²) >= 11 is 3.47. The molecule has 0 amide bonds. The van der Waals surface area contributed by atoms with Crippen LogP contribution in [-0.4, -0.2) is 11.6 Å². The number of halogens is 1. The first kappa shape index (κ1) is 12.1. The fourth-order valence-electron chi connectivity index (χ4n) is 1.54. The fourth-order valence-corrected chi connectivity index (χ4v) is 1.79. The van der Waals surface area contributed by atoms with E-state index in [0.29, 0.717) is 6.61 Å². The van der Waals surface area contributed by atoms with Gasteiger partial charge in [0.25, 0.3) is 0 Å². The minimum atomic E-state index is 0.686. The quantitative estimate of drug-likeness (QED) is 0.855. The summed E-state index contributed by atoms with van der Waals surface area (Å²) in [5.41, 5.74) is 2.43. The number of hydrogen-bond acceptors (Lipinski definition) is 2. The summed E-state index contributed by atoms with van der Waals surface area (Å²) in [6, 6.07) is 10.0.